The Morgan fingerprint density at radius 2 is 1.49 bits per heavy atom. The zero-order valence-electron chi connectivity index (χ0n) is 19.4. The highest BCUT2D eigenvalue weighted by Crippen LogP contribution is 2.25. The van der Waals surface area contributed by atoms with Crippen LogP contribution in [0.4, 0.5) is 0 Å². The Balaban J connectivity index is 1.56. The van der Waals surface area contributed by atoms with Crippen LogP contribution < -0.4 is 4.74 Å². The van der Waals surface area contributed by atoms with Gasteiger partial charge in [-0.25, -0.2) is 9.80 Å². The number of rotatable bonds is 7. The average molecular weight is 539 g/mol. The van der Waals surface area contributed by atoms with Gasteiger partial charge in [-0.1, -0.05) is 41.4 Å². The van der Waals surface area contributed by atoms with Gasteiger partial charge in [0.2, 0.25) is 11.8 Å². The van der Waals surface area contributed by atoms with Crippen molar-refractivity contribution in [3.63, 3.8) is 0 Å². The van der Waals surface area contributed by atoms with E-state index >= 15 is 0 Å². The molecule has 0 saturated carbocycles. The van der Waals surface area contributed by atoms with E-state index in [2.05, 4.69) is 0 Å². The fraction of sp³-hybridized carbons (Fsp3) is 0.148. The highest BCUT2D eigenvalue weighted by atomic mass is 35.5. The van der Waals surface area contributed by atoms with Crippen LogP contribution in [0.5, 0.6) is 5.75 Å². The maximum Gasteiger partial charge on any atom is 0.343 e. The first-order chi connectivity index (χ1) is 17.7. The molecule has 0 bridgehead atoms. The molecule has 0 atom stereocenters. The molecule has 1 aliphatic heterocycles. The van der Waals surface area contributed by atoms with Crippen molar-refractivity contribution >= 4 is 52.7 Å². The number of esters is 1. The predicted octanol–water partition coefficient (Wildman–Crippen LogP) is 4.99. The van der Waals surface area contributed by atoms with Crippen molar-refractivity contribution in [2.75, 3.05) is 6.54 Å². The van der Waals surface area contributed by atoms with E-state index < -0.39 is 36.0 Å². The summed E-state index contributed by atoms with van der Waals surface area (Å²) in [7, 11) is 0. The summed E-state index contributed by atoms with van der Waals surface area (Å²) < 4.78 is 5.32. The lowest BCUT2D eigenvalue weighted by atomic mass is 10.1. The van der Waals surface area contributed by atoms with Crippen LogP contribution in [0.1, 0.15) is 50.3 Å². The summed E-state index contributed by atoms with van der Waals surface area (Å²) in [5.41, 5.74) is 0.526. The lowest BCUT2D eigenvalue weighted by Gasteiger charge is -2.35. The summed E-state index contributed by atoms with van der Waals surface area (Å²) in [5.74, 6) is -2.88. The topological polar surface area (TPSA) is 101 Å². The quantitative estimate of drug-likeness (QED) is 0.182. The Morgan fingerprint density at radius 1 is 0.838 bits per heavy atom. The molecule has 0 unspecified atom stereocenters. The minimum atomic E-state index is -0.799. The SMILES string of the molecule is O=C(CN(C(=O)c1ccc(Cl)cc1Cl)N1C(=O)CCCC1=O)c1ccc(OC(=O)c2ccccc2)cc1. The summed E-state index contributed by atoms with van der Waals surface area (Å²) in [5, 5.41) is 1.83. The molecule has 8 nitrogen and oxygen atoms in total. The summed E-state index contributed by atoms with van der Waals surface area (Å²) in [6.45, 7) is -0.599. The normalized spacial score (nSPS) is 13.3. The third-order valence-electron chi connectivity index (χ3n) is 5.58. The van der Waals surface area contributed by atoms with E-state index in [9.17, 15) is 24.0 Å². The molecule has 3 amide bonds. The lowest BCUT2D eigenvalue weighted by Crippen LogP contribution is -2.56. The molecule has 1 saturated heterocycles. The molecule has 1 heterocycles. The van der Waals surface area contributed by atoms with E-state index in [1.165, 1.54) is 42.5 Å². The van der Waals surface area contributed by atoms with Crippen molar-refractivity contribution in [3.05, 3.63) is 99.5 Å². The van der Waals surface area contributed by atoms with E-state index in [1.807, 2.05) is 0 Å². The molecule has 1 fully saturated rings. The van der Waals surface area contributed by atoms with Gasteiger partial charge in [-0.2, -0.15) is 5.01 Å². The minimum absolute atomic E-state index is 0.0106. The van der Waals surface area contributed by atoms with Crippen LogP contribution in [0.3, 0.4) is 0 Å². The highest BCUT2D eigenvalue weighted by molar-refractivity contribution is 6.36. The second kappa shape index (κ2) is 11.4. The van der Waals surface area contributed by atoms with E-state index in [-0.39, 0.29) is 34.7 Å². The van der Waals surface area contributed by atoms with Gasteiger partial charge in [-0.3, -0.25) is 19.2 Å². The standard InChI is InChI=1S/C27H20Cl2N2O6/c28-19-11-14-21(22(29)15-19)26(35)30(31-24(33)7-4-8-25(31)34)16-23(32)17-9-12-20(13-10-17)37-27(36)18-5-2-1-3-6-18/h1-3,5-6,9-15H,4,7-8,16H2. The van der Waals surface area contributed by atoms with Crippen LogP contribution in [0.15, 0.2) is 72.8 Å². The average Bonchev–Trinajstić information content (AvgIpc) is 2.88. The zero-order valence-corrected chi connectivity index (χ0v) is 20.9. The van der Waals surface area contributed by atoms with Crippen LogP contribution in [0.2, 0.25) is 10.0 Å². The molecular weight excluding hydrogens is 519 g/mol. The number of Topliss-reactive ketones (excluding diaryl/α,β-unsaturated/α-hetero) is 1. The third-order valence-corrected chi connectivity index (χ3v) is 6.13. The maximum atomic E-state index is 13.4. The number of nitrogens with zero attached hydrogens (tertiary/aromatic N) is 2. The Kier molecular flexibility index (Phi) is 8.01. The molecule has 0 aromatic heterocycles. The smallest absolute Gasteiger partial charge is 0.343 e. The van der Waals surface area contributed by atoms with Gasteiger partial charge in [0.15, 0.2) is 5.78 Å². The van der Waals surface area contributed by atoms with Crippen LogP contribution in [0.25, 0.3) is 0 Å². The number of amides is 3. The second-order valence-electron chi connectivity index (χ2n) is 8.14. The number of carbonyl (C=O) groups is 5. The first-order valence-electron chi connectivity index (χ1n) is 11.3. The van der Waals surface area contributed by atoms with Gasteiger partial charge in [-0.15, -0.1) is 0 Å². The fourth-order valence-corrected chi connectivity index (χ4v) is 4.21. The Labute approximate surface area is 222 Å². The molecule has 0 spiro atoms. The van der Waals surface area contributed by atoms with Crippen molar-refractivity contribution in [1.29, 1.82) is 0 Å². The van der Waals surface area contributed by atoms with Crippen LogP contribution in [-0.2, 0) is 9.59 Å². The van der Waals surface area contributed by atoms with E-state index in [0.717, 1.165) is 5.01 Å². The van der Waals surface area contributed by atoms with Crippen LogP contribution >= 0.6 is 23.2 Å². The van der Waals surface area contributed by atoms with Gasteiger partial charge >= 0.3 is 5.97 Å². The summed E-state index contributed by atoms with van der Waals surface area (Å²) in [6, 6.07) is 18.3. The largest absolute Gasteiger partial charge is 0.423 e. The van der Waals surface area contributed by atoms with Crippen molar-refractivity contribution in [2.24, 2.45) is 0 Å². The second-order valence-corrected chi connectivity index (χ2v) is 8.99. The van der Waals surface area contributed by atoms with Crippen LogP contribution in [0, 0.1) is 0 Å². The Morgan fingerprint density at radius 3 is 2.11 bits per heavy atom. The van der Waals surface area contributed by atoms with Crippen LogP contribution in [-0.4, -0.2) is 46.0 Å². The number of ketones is 1. The van der Waals surface area contributed by atoms with Gasteiger partial charge in [-0.05, 0) is 61.0 Å². The number of piperidine rings is 1. The molecule has 0 aliphatic carbocycles. The molecule has 0 N–H and O–H groups in total. The van der Waals surface area contributed by atoms with Crippen molar-refractivity contribution in [3.8, 4) is 5.75 Å². The number of imide groups is 1. The fourth-order valence-electron chi connectivity index (χ4n) is 3.72. The van der Waals surface area contributed by atoms with Gasteiger partial charge < -0.3 is 4.74 Å². The first-order valence-corrected chi connectivity index (χ1v) is 12.0. The van der Waals surface area contributed by atoms with E-state index in [0.29, 0.717) is 22.0 Å². The molecule has 3 aromatic rings. The number of hydrazine groups is 1. The third kappa shape index (κ3) is 6.04. The molecule has 10 heteroatoms. The van der Waals surface area contributed by atoms with E-state index in [1.54, 1.807) is 30.3 Å². The number of ether oxygens (including phenoxy) is 1. The molecule has 188 valence electrons. The number of hydrogen-bond donors (Lipinski definition) is 0. The summed E-state index contributed by atoms with van der Waals surface area (Å²) in [6.07, 6.45) is 0.466. The van der Waals surface area contributed by atoms with Crippen molar-refractivity contribution < 1.29 is 28.7 Å². The summed E-state index contributed by atoms with van der Waals surface area (Å²) >= 11 is 12.1. The first kappa shape index (κ1) is 26.1. The Bertz CT molecular complexity index is 1360. The number of halogens is 2. The maximum absolute atomic E-state index is 13.4. The lowest BCUT2D eigenvalue weighted by molar-refractivity contribution is -0.162. The Hall–Kier alpha value is -4.01. The molecule has 1 aliphatic rings. The van der Waals surface area contributed by atoms with Gasteiger partial charge in [0, 0.05) is 23.4 Å². The van der Waals surface area contributed by atoms with E-state index in [4.69, 9.17) is 27.9 Å². The summed E-state index contributed by atoms with van der Waals surface area (Å²) in [4.78, 5) is 64.0. The zero-order chi connectivity index (χ0) is 26.5. The minimum Gasteiger partial charge on any atom is -0.423 e. The number of carbonyl (C=O) groups excluding carboxylic acids is 5. The van der Waals surface area contributed by atoms with Gasteiger partial charge in [0.25, 0.3) is 5.91 Å². The molecule has 3 aromatic carbocycles. The number of benzene rings is 3. The monoisotopic (exact) mass is 538 g/mol. The number of hydrogen-bond acceptors (Lipinski definition) is 6. The molecule has 37 heavy (non-hydrogen) atoms. The van der Waals surface area contributed by atoms with Crippen molar-refractivity contribution in [2.45, 2.75) is 19.3 Å². The molecular formula is C27H20Cl2N2O6. The highest BCUT2D eigenvalue weighted by Gasteiger charge is 2.36. The predicted molar refractivity (Wildman–Crippen MR) is 135 cm³/mol. The molecule has 4 rings (SSSR count). The van der Waals surface area contributed by atoms with Gasteiger partial charge in [0.05, 0.1) is 16.1 Å². The van der Waals surface area contributed by atoms with Gasteiger partial charge in [0.1, 0.15) is 12.3 Å². The van der Waals surface area contributed by atoms with Crippen molar-refractivity contribution in [1.82, 2.24) is 10.0 Å². The molecule has 0 radical (unpaired) electrons.